The van der Waals surface area contributed by atoms with E-state index >= 15 is 0 Å². The molecular formula is C18H30. The number of rotatable bonds is 2. The molecule has 0 atom stereocenters. The summed E-state index contributed by atoms with van der Waals surface area (Å²) in [6.45, 7) is 9.10. The minimum absolute atomic E-state index is 1.02. The molecule has 0 amide bonds. The minimum Gasteiger partial charge on any atom is -0.0625 e. The highest BCUT2D eigenvalue weighted by atomic mass is 14.2. The molecule has 0 aromatic heterocycles. The predicted octanol–water partition coefficient (Wildman–Crippen LogP) is 5.64. The summed E-state index contributed by atoms with van der Waals surface area (Å²) in [4.78, 5) is 0. The maximum absolute atomic E-state index is 2.37. The van der Waals surface area contributed by atoms with Crippen molar-refractivity contribution in [3.8, 4) is 0 Å². The smallest absolute Gasteiger partial charge is 0.0307 e. The average Bonchev–Trinajstić information content (AvgIpc) is 2.43. The van der Waals surface area contributed by atoms with Crippen LogP contribution in [0.1, 0.15) is 64.5 Å². The molecule has 1 saturated carbocycles. The van der Waals surface area contributed by atoms with Gasteiger partial charge in [-0.05, 0) is 35.8 Å². The summed E-state index contributed by atoms with van der Waals surface area (Å²) >= 11 is 0. The predicted molar refractivity (Wildman–Crippen MR) is 82.0 cm³/mol. The molecule has 0 aliphatic heterocycles. The highest BCUT2D eigenvalue weighted by Gasteiger charge is 2.13. The molecule has 0 unspecified atom stereocenters. The third-order valence-electron chi connectivity index (χ3n) is 4.14. The Morgan fingerprint density at radius 1 is 0.722 bits per heavy atom. The van der Waals surface area contributed by atoms with E-state index < -0.39 is 0 Å². The van der Waals surface area contributed by atoms with Gasteiger partial charge in [0.2, 0.25) is 0 Å². The van der Waals surface area contributed by atoms with E-state index in [1.807, 2.05) is 0 Å². The molecule has 0 N–H and O–H groups in total. The first-order chi connectivity index (χ1) is 8.65. The summed E-state index contributed by atoms with van der Waals surface area (Å²) < 4.78 is 0. The largest absolute Gasteiger partial charge is 0.0625 e. The Kier molecular flexibility index (Phi) is 7.08. The van der Waals surface area contributed by atoms with Crippen LogP contribution in [-0.2, 0) is 12.8 Å². The Hall–Kier alpha value is -0.780. The van der Waals surface area contributed by atoms with Crippen LogP contribution in [0.25, 0.3) is 0 Å². The van der Waals surface area contributed by atoms with Gasteiger partial charge in [0.15, 0.2) is 0 Å². The van der Waals surface area contributed by atoms with Crippen LogP contribution in [0.15, 0.2) is 24.3 Å². The first-order valence-corrected chi connectivity index (χ1v) is 7.73. The first-order valence-electron chi connectivity index (χ1n) is 7.73. The van der Waals surface area contributed by atoms with Crippen molar-refractivity contribution in [2.24, 2.45) is 11.8 Å². The Morgan fingerprint density at radius 3 is 1.22 bits per heavy atom. The lowest BCUT2D eigenvalue weighted by atomic mass is 9.84. The van der Waals surface area contributed by atoms with E-state index in [-0.39, 0.29) is 0 Å². The molecule has 1 aromatic carbocycles. The van der Waals surface area contributed by atoms with E-state index in [0.717, 1.165) is 24.7 Å². The highest BCUT2D eigenvalue weighted by Crippen LogP contribution is 2.27. The normalized spacial score (nSPS) is 23.1. The van der Waals surface area contributed by atoms with Gasteiger partial charge in [0.1, 0.15) is 0 Å². The SMILES string of the molecule is CC1CCC(C)CC1.CCc1ccc(CC)cc1. The summed E-state index contributed by atoms with van der Waals surface area (Å²) in [5, 5.41) is 0. The van der Waals surface area contributed by atoms with Crippen LogP contribution in [0.2, 0.25) is 0 Å². The highest BCUT2D eigenvalue weighted by molar-refractivity contribution is 5.22. The molecule has 1 aliphatic rings. The molecular weight excluding hydrogens is 216 g/mol. The van der Waals surface area contributed by atoms with Crippen LogP contribution in [0.5, 0.6) is 0 Å². The summed E-state index contributed by atoms with van der Waals surface area (Å²) in [7, 11) is 0. The van der Waals surface area contributed by atoms with Gasteiger partial charge in [0, 0.05) is 0 Å². The third-order valence-corrected chi connectivity index (χ3v) is 4.14. The molecule has 0 spiro atoms. The van der Waals surface area contributed by atoms with Crippen LogP contribution >= 0.6 is 0 Å². The van der Waals surface area contributed by atoms with Crippen molar-refractivity contribution < 1.29 is 0 Å². The second kappa shape index (κ2) is 8.34. The van der Waals surface area contributed by atoms with E-state index in [4.69, 9.17) is 0 Å². The number of benzene rings is 1. The fourth-order valence-electron chi connectivity index (χ4n) is 2.44. The molecule has 1 aromatic rings. The Balaban J connectivity index is 0.000000184. The van der Waals surface area contributed by atoms with Gasteiger partial charge >= 0.3 is 0 Å². The van der Waals surface area contributed by atoms with Crippen molar-refractivity contribution in [1.29, 1.82) is 0 Å². The molecule has 0 heterocycles. The third kappa shape index (κ3) is 5.71. The lowest BCUT2D eigenvalue weighted by Gasteiger charge is -2.22. The quantitative estimate of drug-likeness (QED) is 0.633. The van der Waals surface area contributed by atoms with Crippen LogP contribution in [0.4, 0.5) is 0 Å². The van der Waals surface area contributed by atoms with Gasteiger partial charge in [0.25, 0.3) is 0 Å². The molecule has 0 heteroatoms. The lowest BCUT2D eigenvalue weighted by Crippen LogP contribution is -2.08. The van der Waals surface area contributed by atoms with Crippen molar-refractivity contribution in [1.82, 2.24) is 0 Å². The molecule has 18 heavy (non-hydrogen) atoms. The first kappa shape index (κ1) is 15.3. The molecule has 102 valence electrons. The van der Waals surface area contributed by atoms with Crippen molar-refractivity contribution in [3.05, 3.63) is 35.4 Å². The maximum atomic E-state index is 2.37. The lowest BCUT2D eigenvalue weighted by molar-refractivity contribution is 0.308. The summed E-state index contributed by atoms with van der Waals surface area (Å²) in [5.41, 5.74) is 2.86. The number of hydrogen-bond acceptors (Lipinski definition) is 0. The number of hydrogen-bond donors (Lipinski definition) is 0. The van der Waals surface area contributed by atoms with Gasteiger partial charge in [-0.25, -0.2) is 0 Å². The summed E-state index contributed by atoms with van der Waals surface area (Å²) in [5.74, 6) is 2.04. The maximum Gasteiger partial charge on any atom is -0.0307 e. The standard InChI is InChI=1S/C10H14.C8H16/c1-3-9-5-7-10(4-2)8-6-9;1-7-3-5-8(2)6-4-7/h5-8H,3-4H2,1-2H3;7-8H,3-6H2,1-2H3. The molecule has 1 fully saturated rings. The van der Waals surface area contributed by atoms with Crippen LogP contribution in [-0.4, -0.2) is 0 Å². The summed E-state index contributed by atoms with van der Waals surface area (Å²) in [6.07, 6.45) is 8.18. The zero-order chi connectivity index (χ0) is 13.4. The van der Waals surface area contributed by atoms with Gasteiger partial charge in [-0.1, -0.05) is 77.6 Å². The second-order valence-electron chi connectivity index (χ2n) is 5.89. The zero-order valence-corrected chi connectivity index (χ0v) is 12.7. The second-order valence-corrected chi connectivity index (χ2v) is 5.89. The molecule has 1 aliphatic carbocycles. The monoisotopic (exact) mass is 246 g/mol. The fraction of sp³-hybridized carbons (Fsp3) is 0.667. The Morgan fingerprint density at radius 2 is 1.00 bits per heavy atom. The molecule has 0 nitrogen and oxygen atoms in total. The minimum atomic E-state index is 1.02. The average molecular weight is 246 g/mol. The molecule has 0 radical (unpaired) electrons. The van der Waals surface area contributed by atoms with E-state index in [1.54, 1.807) is 0 Å². The van der Waals surface area contributed by atoms with E-state index in [1.165, 1.54) is 36.8 Å². The van der Waals surface area contributed by atoms with E-state index in [2.05, 4.69) is 52.0 Å². The molecule has 0 bridgehead atoms. The van der Waals surface area contributed by atoms with Crippen molar-refractivity contribution in [2.45, 2.75) is 66.2 Å². The fourth-order valence-corrected chi connectivity index (χ4v) is 2.44. The topological polar surface area (TPSA) is 0 Å². The van der Waals surface area contributed by atoms with Crippen LogP contribution in [0.3, 0.4) is 0 Å². The van der Waals surface area contributed by atoms with Gasteiger partial charge < -0.3 is 0 Å². The van der Waals surface area contributed by atoms with E-state index in [9.17, 15) is 0 Å². The summed E-state index contributed by atoms with van der Waals surface area (Å²) in [6, 6.07) is 8.83. The molecule has 2 rings (SSSR count). The Labute approximate surface area is 114 Å². The van der Waals surface area contributed by atoms with Crippen molar-refractivity contribution in [2.75, 3.05) is 0 Å². The van der Waals surface area contributed by atoms with Gasteiger partial charge in [-0.2, -0.15) is 0 Å². The Bertz CT molecular complexity index is 268. The van der Waals surface area contributed by atoms with Gasteiger partial charge in [0.05, 0.1) is 0 Å². The number of aryl methyl sites for hydroxylation is 2. The molecule has 0 saturated heterocycles. The van der Waals surface area contributed by atoms with Gasteiger partial charge in [-0.15, -0.1) is 0 Å². The zero-order valence-electron chi connectivity index (χ0n) is 12.7. The van der Waals surface area contributed by atoms with Gasteiger partial charge in [-0.3, -0.25) is 0 Å². The van der Waals surface area contributed by atoms with Crippen molar-refractivity contribution >= 4 is 0 Å². The van der Waals surface area contributed by atoms with Crippen LogP contribution in [0, 0.1) is 11.8 Å². The van der Waals surface area contributed by atoms with E-state index in [0.29, 0.717) is 0 Å². The van der Waals surface area contributed by atoms with Crippen molar-refractivity contribution in [3.63, 3.8) is 0 Å². The van der Waals surface area contributed by atoms with Crippen LogP contribution < -0.4 is 0 Å².